The molecule has 0 unspecified atom stereocenters. The quantitative estimate of drug-likeness (QED) is 0.771. The Hall–Kier alpha value is -1.16. The van der Waals surface area contributed by atoms with Crippen LogP contribution < -0.4 is 5.32 Å². The maximum absolute atomic E-state index is 11.0. The first-order valence-electron chi connectivity index (χ1n) is 6.05. The van der Waals surface area contributed by atoms with E-state index in [2.05, 4.69) is 31.3 Å². The lowest BCUT2D eigenvalue weighted by atomic mass is 9.94. The summed E-state index contributed by atoms with van der Waals surface area (Å²) in [5, 5.41) is 12.7. The summed E-state index contributed by atoms with van der Waals surface area (Å²) in [7, 11) is 0. The van der Waals surface area contributed by atoms with Gasteiger partial charge in [-0.25, -0.2) is 0 Å². The van der Waals surface area contributed by atoms with Crippen LogP contribution in [0.3, 0.4) is 0 Å². The molecule has 0 spiro atoms. The Kier molecular flexibility index (Phi) is 5.08. The molecule has 1 rings (SSSR count). The molecular formula is C14H21NO2S. The van der Waals surface area contributed by atoms with Gasteiger partial charge in [0, 0.05) is 22.4 Å². The van der Waals surface area contributed by atoms with Gasteiger partial charge in [-0.2, -0.15) is 0 Å². The van der Waals surface area contributed by atoms with Gasteiger partial charge in [0.05, 0.1) is 5.41 Å². The summed E-state index contributed by atoms with van der Waals surface area (Å²) in [5.41, 5.74) is 0.197. The highest BCUT2D eigenvalue weighted by molar-refractivity contribution is 7.99. The lowest BCUT2D eigenvalue weighted by Crippen LogP contribution is -2.31. The highest BCUT2D eigenvalue weighted by Crippen LogP contribution is 2.24. The maximum atomic E-state index is 11.0. The molecule has 0 aliphatic heterocycles. The summed E-state index contributed by atoms with van der Waals surface area (Å²) in [4.78, 5) is 12.2. The Bertz CT molecular complexity index is 399. The molecule has 0 bridgehead atoms. The Morgan fingerprint density at radius 3 is 2.33 bits per heavy atom. The summed E-state index contributed by atoms with van der Waals surface area (Å²) in [6.45, 7) is 8.16. The summed E-state index contributed by atoms with van der Waals surface area (Å²) < 4.78 is 0. The molecule has 0 atom stereocenters. The first-order chi connectivity index (χ1) is 8.31. The summed E-state index contributed by atoms with van der Waals surface area (Å²) in [6, 6.07) is 8.09. The molecule has 1 aromatic rings. The van der Waals surface area contributed by atoms with E-state index >= 15 is 0 Å². The molecule has 2 N–H and O–H groups in total. The lowest BCUT2D eigenvalue weighted by molar-refractivity contribution is -0.146. The Labute approximate surface area is 113 Å². The zero-order valence-corrected chi connectivity index (χ0v) is 12.2. The molecule has 4 heteroatoms. The largest absolute Gasteiger partial charge is 0.481 e. The van der Waals surface area contributed by atoms with Crippen LogP contribution in [0.5, 0.6) is 0 Å². The average Bonchev–Trinajstić information content (AvgIpc) is 2.27. The Morgan fingerprint density at radius 2 is 1.89 bits per heavy atom. The number of nitrogens with one attached hydrogen (secondary N) is 1. The molecule has 0 saturated heterocycles. The van der Waals surface area contributed by atoms with Crippen molar-refractivity contribution in [2.75, 3.05) is 11.9 Å². The predicted octanol–water partition coefficient (Wildman–Crippen LogP) is 3.71. The zero-order chi connectivity index (χ0) is 13.8. The van der Waals surface area contributed by atoms with Crippen molar-refractivity contribution in [2.24, 2.45) is 5.41 Å². The number of anilines is 1. The van der Waals surface area contributed by atoms with Crippen LogP contribution in [0, 0.1) is 5.41 Å². The molecule has 0 heterocycles. The first kappa shape index (κ1) is 14.9. The van der Waals surface area contributed by atoms with Crippen molar-refractivity contribution in [3.8, 4) is 0 Å². The molecule has 0 aromatic heterocycles. The van der Waals surface area contributed by atoms with Gasteiger partial charge in [0.2, 0.25) is 0 Å². The number of aliphatic carboxylic acids is 1. The number of carboxylic acid groups (broad SMARTS) is 1. The monoisotopic (exact) mass is 267 g/mol. The van der Waals surface area contributed by atoms with E-state index < -0.39 is 11.4 Å². The van der Waals surface area contributed by atoms with Crippen molar-refractivity contribution in [2.45, 2.75) is 37.8 Å². The number of benzene rings is 1. The number of thioether (sulfide) groups is 1. The van der Waals surface area contributed by atoms with Crippen LogP contribution in [0.15, 0.2) is 29.2 Å². The fourth-order valence-electron chi connectivity index (χ4n) is 1.32. The number of hydrogen-bond donors (Lipinski definition) is 2. The van der Waals surface area contributed by atoms with Crippen LogP contribution >= 0.6 is 11.8 Å². The van der Waals surface area contributed by atoms with Gasteiger partial charge in [0.25, 0.3) is 0 Å². The highest BCUT2D eigenvalue weighted by atomic mass is 32.2. The first-order valence-corrected chi connectivity index (χ1v) is 6.93. The van der Waals surface area contributed by atoms with Crippen molar-refractivity contribution in [3.05, 3.63) is 24.3 Å². The molecule has 1 aromatic carbocycles. The topological polar surface area (TPSA) is 49.3 Å². The van der Waals surface area contributed by atoms with Gasteiger partial charge in [-0.05, 0) is 38.1 Å². The minimum atomic E-state index is -0.790. The Morgan fingerprint density at radius 1 is 1.33 bits per heavy atom. The fourth-order valence-corrected chi connectivity index (χ4v) is 2.16. The van der Waals surface area contributed by atoms with Crippen LogP contribution in [0.1, 0.15) is 27.7 Å². The summed E-state index contributed by atoms with van der Waals surface area (Å²) in [5.74, 6) is -0.790. The van der Waals surface area contributed by atoms with Crippen molar-refractivity contribution in [3.63, 3.8) is 0 Å². The number of rotatable bonds is 6. The van der Waals surface area contributed by atoms with Crippen molar-refractivity contribution in [1.29, 1.82) is 0 Å². The van der Waals surface area contributed by atoms with Crippen LogP contribution in [-0.4, -0.2) is 22.9 Å². The fraction of sp³-hybridized carbons (Fsp3) is 0.500. The van der Waals surface area contributed by atoms with E-state index in [1.165, 1.54) is 4.90 Å². The molecule has 0 saturated carbocycles. The minimum Gasteiger partial charge on any atom is -0.481 e. The molecule has 0 aliphatic rings. The molecule has 3 nitrogen and oxygen atoms in total. The van der Waals surface area contributed by atoms with Gasteiger partial charge in [-0.1, -0.05) is 13.8 Å². The second-order valence-electron chi connectivity index (χ2n) is 5.23. The number of hydrogen-bond acceptors (Lipinski definition) is 3. The average molecular weight is 267 g/mol. The standard InChI is InChI=1S/C14H21NO2S/c1-10(2)18-12-7-5-11(6-8-12)15-9-14(3,4)13(16)17/h5-8,10,15H,9H2,1-4H3,(H,16,17). The maximum Gasteiger partial charge on any atom is 0.310 e. The smallest absolute Gasteiger partial charge is 0.310 e. The van der Waals surface area contributed by atoms with Crippen LogP contribution in [0.4, 0.5) is 5.69 Å². The summed E-state index contributed by atoms with van der Waals surface area (Å²) >= 11 is 1.81. The number of carboxylic acids is 1. The molecule has 0 amide bonds. The normalized spacial score (nSPS) is 11.6. The van der Waals surface area contributed by atoms with Gasteiger partial charge in [0.1, 0.15) is 0 Å². The van der Waals surface area contributed by atoms with Gasteiger partial charge in [-0.3, -0.25) is 4.79 Å². The highest BCUT2D eigenvalue weighted by Gasteiger charge is 2.26. The second kappa shape index (κ2) is 6.14. The van der Waals surface area contributed by atoms with Crippen molar-refractivity contribution in [1.82, 2.24) is 0 Å². The Balaban J connectivity index is 2.57. The molecule has 0 aliphatic carbocycles. The minimum absolute atomic E-state index is 0.416. The van der Waals surface area contributed by atoms with E-state index in [-0.39, 0.29) is 0 Å². The van der Waals surface area contributed by atoms with Crippen LogP contribution in [0.2, 0.25) is 0 Å². The SMILES string of the molecule is CC(C)Sc1ccc(NCC(C)(C)C(=O)O)cc1. The third-order valence-corrected chi connectivity index (χ3v) is 3.56. The molecule has 0 fully saturated rings. The van der Waals surface area contributed by atoms with E-state index in [4.69, 9.17) is 5.11 Å². The van der Waals surface area contributed by atoms with E-state index in [1.54, 1.807) is 13.8 Å². The number of carbonyl (C=O) groups is 1. The van der Waals surface area contributed by atoms with Gasteiger partial charge in [0.15, 0.2) is 0 Å². The summed E-state index contributed by atoms with van der Waals surface area (Å²) in [6.07, 6.45) is 0. The van der Waals surface area contributed by atoms with Crippen molar-refractivity contribution >= 4 is 23.4 Å². The van der Waals surface area contributed by atoms with E-state index in [0.29, 0.717) is 11.8 Å². The molecule has 18 heavy (non-hydrogen) atoms. The van der Waals surface area contributed by atoms with Crippen molar-refractivity contribution < 1.29 is 9.90 Å². The van der Waals surface area contributed by atoms with Crippen LogP contribution in [-0.2, 0) is 4.79 Å². The molecule has 100 valence electrons. The van der Waals surface area contributed by atoms with E-state index in [0.717, 1.165) is 5.69 Å². The third-order valence-electron chi connectivity index (χ3n) is 2.54. The van der Waals surface area contributed by atoms with E-state index in [9.17, 15) is 4.79 Å². The van der Waals surface area contributed by atoms with Gasteiger partial charge < -0.3 is 10.4 Å². The molecular weight excluding hydrogens is 246 g/mol. The van der Waals surface area contributed by atoms with Crippen LogP contribution in [0.25, 0.3) is 0 Å². The van der Waals surface area contributed by atoms with E-state index in [1.807, 2.05) is 23.9 Å². The predicted molar refractivity (Wildman–Crippen MR) is 77.3 cm³/mol. The third kappa shape index (κ3) is 4.61. The zero-order valence-electron chi connectivity index (χ0n) is 11.4. The molecule has 0 radical (unpaired) electrons. The van der Waals surface area contributed by atoms with Gasteiger partial charge in [-0.15, -0.1) is 11.8 Å². The lowest BCUT2D eigenvalue weighted by Gasteiger charge is -2.20. The second-order valence-corrected chi connectivity index (χ2v) is 6.88. The van der Waals surface area contributed by atoms with Gasteiger partial charge >= 0.3 is 5.97 Å².